The highest BCUT2D eigenvalue weighted by Gasteiger charge is 2.14. The lowest BCUT2D eigenvalue weighted by atomic mass is 10.0. The highest BCUT2D eigenvalue weighted by Crippen LogP contribution is 2.30. The van der Waals surface area contributed by atoms with E-state index in [0.29, 0.717) is 34.9 Å². The first-order valence-corrected chi connectivity index (χ1v) is 7.38. The second-order valence-corrected chi connectivity index (χ2v) is 5.51. The molecule has 1 aromatic carbocycles. The molecule has 1 unspecified atom stereocenters. The SMILES string of the molecule is COc1cc(Cl)ccc1-c1noc(CCC(C)CCN)n1. The van der Waals surface area contributed by atoms with Gasteiger partial charge in [-0.3, -0.25) is 0 Å². The number of nitrogens with zero attached hydrogens (tertiary/aromatic N) is 2. The van der Waals surface area contributed by atoms with Gasteiger partial charge in [0, 0.05) is 11.4 Å². The van der Waals surface area contributed by atoms with Crippen LogP contribution in [0.2, 0.25) is 5.02 Å². The van der Waals surface area contributed by atoms with Crippen molar-refractivity contribution in [1.82, 2.24) is 10.1 Å². The molecule has 0 saturated heterocycles. The number of hydrogen-bond acceptors (Lipinski definition) is 5. The van der Waals surface area contributed by atoms with Gasteiger partial charge in [-0.05, 0) is 43.5 Å². The molecule has 0 spiro atoms. The van der Waals surface area contributed by atoms with Crippen LogP contribution in [0, 0.1) is 5.92 Å². The van der Waals surface area contributed by atoms with E-state index in [9.17, 15) is 0 Å². The molecule has 0 aliphatic heterocycles. The van der Waals surface area contributed by atoms with Crippen LogP contribution in [-0.2, 0) is 6.42 Å². The van der Waals surface area contributed by atoms with Crippen LogP contribution < -0.4 is 10.5 Å². The summed E-state index contributed by atoms with van der Waals surface area (Å²) in [6, 6.07) is 5.34. The Morgan fingerprint density at radius 1 is 1.38 bits per heavy atom. The summed E-state index contributed by atoms with van der Waals surface area (Å²) in [5, 5.41) is 4.62. The summed E-state index contributed by atoms with van der Waals surface area (Å²) in [5.41, 5.74) is 6.32. The Morgan fingerprint density at radius 3 is 2.90 bits per heavy atom. The first-order chi connectivity index (χ1) is 10.1. The van der Waals surface area contributed by atoms with Gasteiger partial charge in [0.25, 0.3) is 0 Å². The number of ether oxygens (including phenoxy) is 1. The van der Waals surface area contributed by atoms with Gasteiger partial charge < -0.3 is 15.0 Å². The molecule has 21 heavy (non-hydrogen) atoms. The average molecular weight is 310 g/mol. The lowest BCUT2D eigenvalue weighted by Gasteiger charge is -2.06. The third-order valence-corrected chi connectivity index (χ3v) is 3.62. The summed E-state index contributed by atoms with van der Waals surface area (Å²) in [4.78, 5) is 4.42. The molecular weight excluding hydrogens is 290 g/mol. The van der Waals surface area contributed by atoms with E-state index in [4.69, 9.17) is 26.6 Å². The predicted octanol–water partition coefficient (Wildman–Crippen LogP) is 3.32. The van der Waals surface area contributed by atoms with Gasteiger partial charge in [-0.1, -0.05) is 23.7 Å². The largest absolute Gasteiger partial charge is 0.496 e. The maximum absolute atomic E-state index is 5.95. The summed E-state index contributed by atoms with van der Waals surface area (Å²) in [6.45, 7) is 2.88. The summed E-state index contributed by atoms with van der Waals surface area (Å²) in [6.07, 6.45) is 2.74. The third-order valence-electron chi connectivity index (χ3n) is 3.38. The third kappa shape index (κ3) is 4.19. The maximum Gasteiger partial charge on any atom is 0.226 e. The molecule has 5 nitrogen and oxygen atoms in total. The van der Waals surface area contributed by atoms with Gasteiger partial charge in [0.05, 0.1) is 12.7 Å². The smallest absolute Gasteiger partial charge is 0.226 e. The number of hydrogen-bond donors (Lipinski definition) is 1. The van der Waals surface area contributed by atoms with Crippen molar-refractivity contribution >= 4 is 11.6 Å². The van der Waals surface area contributed by atoms with E-state index in [-0.39, 0.29) is 0 Å². The molecular formula is C15H20ClN3O2. The van der Waals surface area contributed by atoms with Gasteiger partial charge >= 0.3 is 0 Å². The van der Waals surface area contributed by atoms with Crippen LogP contribution in [0.1, 0.15) is 25.7 Å². The molecule has 1 aromatic heterocycles. The van der Waals surface area contributed by atoms with Crippen molar-refractivity contribution in [3.05, 3.63) is 29.1 Å². The number of aryl methyl sites for hydroxylation is 1. The molecule has 2 N–H and O–H groups in total. The highest BCUT2D eigenvalue weighted by atomic mass is 35.5. The van der Waals surface area contributed by atoms with E-state index in [2.05, 4.69) is 17.1 Å². The lowest BCUT2D eigenvalue weighted by Crippen LogP contribution is -2.06. The van der Waals surface area contributed by atoms with Crippen LogP contribution in [0.5, 0.6) is 5.75 Å². The van der Waals surface area contributed by atoms with Gasteiger partial charge in [-0.25, -0.2) is 0 Å². The Balaban J connectivity index is 2.09. The Labute approximate surface area is 129 Å². The van der Waals surface area contributed by atoms with Crippen LogP contribution in [0.4, 0.5) is 0 Å². The minimum atomic E-state index is 0.519. The summed E-state index contributed by atoms with van der Waals surface area (Å²) < 4.78 is 10.6. The molecule has 0 aliphatic rings. The number of rotatable bonds is 7. The van der Waals surface area contributed by atoms with Crippen LogP contribution in [0.3, 0.4) is 0 Å². The minimum Gasteiger partial charge on any atom is -0.496 e. The van der Waals surface area contributed by atoms with Gasteiger partial charge in [-0.15, -0.1) is 0 Å². The van der Waals surface area contributed by atoms with Crippen LogP contribution >= 0.6 is 11.6 Å². The molecule has 1 heterocycles. The van der Waals surface area contributed by atoms with Crippen molar-refractivity contribution in [3.8, 4) is 17.1 Å². The fourth-order valence-corrected chi connectivity index (χ4v) is 2.28. The first kappa shape index (κ1) is 15.8. The van der Waals surface area contributed by atoms with Crippen molar-refractivity contribution in [1.29, 1.82) is 0 Å². The normalized spacial score (nSPS) is 12.4. The molecule has 0 aliphatic carbocycles. The molecule has 6 heteroatoms. The zero-order valence-corrected chi connectivity index (χ0v) is 13.1. The average Bonchev–Trinajstić information content (AvgIpc) is 2.94. The minimum absolute atomic E-state index is 0.519. The molecule has 0 amide bonds. The molecule has 0 saturated carbocycles. The Morgan fingerprint density at radius 2 is 2.19 bits per heavy atom. The second-order valence-electron chi connectivity index (χ2n) is 5.08. The van der Waals surface area contributed by atoms with E-state index in [1.165, 1.54) is 0 Å². The first-order valence-electron chi connectivity index (χ1n) is 7.00. The highest BCUT2D eigenvalue weighted by molar-refractivity contribution is 6.30. The van der Waals surface area contributed by atoms with Gasteiger partial charge in [0.2, 0.25) is 11.7 Å². The number of benzene rings is 1. The van der Waals surface area contributed by atoms with Crippen molar-refractivity contribution in [2.45, 2.75) is 26.2 Å². The standard InChI is InChI=1S/C15H20ClN3O2/c1-10(7-8-17)3-6-14-18-15(19-21-14)12-5-4-11(16)9-13(12)20-2/h4-5,9-10H,3,6-8,17H2,1-2H3. The van der Waals surface area contributed by atoms with Crippen molar-refractivity contribution in [2.24, 2.45) is 11.7 Å². The van der Waals surface area contributed by atoms with E-state index in [1.807, 2.05) is 6.07 Å². The summed E-state index contributed by atoms with van der Waals surface area (Å²) in [5.74, 6) is 2.33. The van der Waals surface area contributed by atoms with Gasteiger partial charge in [0.1, 0.15) is 5.75 Å². The molecule has 0 bridgehead atoms. The maximum atomic E-state index is 5.95. The van der Waals surface area contributed by atoms with E-state index < -0.39 is 0 Å². The van der Waals surface area contributed by atoms with Gasteiger partial charge in [-0.2, -0.15) is 4.98 Å². The van der Waals surface area contributed by atoms with Crippen molar-refractivity contribution in [2.75, 3.05) is 13.7 Å². The molecule has 0 fully saturated rings. The Bertz CT molecular complexity index is 586. The number of halogens is 1. The summed E-state index contributed by atoms with van der Waals surface area (Å²) in [7, 11) is 1.59. The van der Waals surface area contributed by atoms with Crippen LogP contribution in [0.15, 0.2) is 22.7 Å². The van der Waals surface area contributed by atoms with Crippen molar-refractivity contribution < 1.29 is 9.26 Å². The monoisotopic (exact) mass is 309 g/mol. The van der Waals surface area contributed by atoms with E-state index in [1.54, 1.807) is 19.2 Å². The van der Waals surface area contributed by atoms with E-state index in [0.717, 1.165) is 24.8 Å². The van der Waals surface area contributed by atoms with Crippen molar-refractivity contribution in [3.63, 3.8) is 0 Å². The van der Waals surface area contributed by atoms with Gasteiger partial charge in [0.15, 0.2) is 0 Å². The zero-order chi connectivity index (χ0) is 15.2. The topological polar surface area (TPSA) is 74.2 Å². The number of aromatic nitrogens is 2. The quantitative estimate of drug-likeness (QED) is 0.849. The Hall–Kier alpha value is -1.59. The fraction of sp³-hybridized carbons (Fsp3) is 0.467. The molecule has 114 valence electrons. The molecule has 0 radical (unpaired) electrons. The lowest BCUT2D eigenvalue weighted by molar-refractivity contribution is 0.362. The zero-order valence-electron chi connectivity index (χ0n) is 12.3. The molecule has 1 atom stereocenters. The van der Waals surface area contributed by atoms with E-state index >= 15 is 0 Å². The summed E-state index contributed by atoms with van der Waals surface area (Å²) >= 11 is 5.95. The fourth-order valence-electron chi connectivity index (χ4n) is 2.11. The molecule has 2 aromatic rings. The Kier molecular flexibility index (Phi) is 5.59. The second kappa shape index (κ2) is 7.43. The van der Waals surface area contributed by atoms with Crippen LogP contribution in [0.25, 0.3) is 11.4 Å². The number of nitrogens with two attached hydrogens (primary N) is 1. The predicted molar refractivity (Wildman–Crippen MR) is 82.5 cm³/mol. The molecule has 2 rings (SSSR count). The number of methoxy groups -OCH3 is 1. The van der Waals surface area contributed by atoms with Crippen LogP contribution in [-0.4, -0.2) is 23.8 Å².